The molecule has 0 fully saturated rings. The Morgan fingerprint density at radius 2 is 1.94 bits per heavy atom. The maximum atomic E-state index is 10.2. The van der Waals surface area contributed by atoms with Crippen molar-refractivity contribution in [3.63, 3.8) is 0 Å². The van der Waals surface area contributed by atoms with Crippen LogP contribution in [0.4, 0.5) is 0 Å². The summed E-state index contributed by atoms with van der Waals surface area (Å²) in [6, 6.07) is 6.19. The number of rotatable bonds is 4. The molecule has 18 heavy (non-hydrogen) atoms. The lowest BCUT2D eigenvalue weighted by molar-refractivity contribution is 0.204. The molecule has 0 saturated carbocycles. The van der Waals surface area contributed by atoms with Crippen LogP contribution in [-0.4, -0.2) is 20.4 Å². The summed E-state index contributed by atoms with van der Waals surface area (Å²) in [7, 11) is 1.96. The van der Waals surface area contributed by atoms with Crippen molar-refractivity contribution >= 4 is 11.8 Å². The summed E-state index contributed by atoms with van der Waals surface area (Å²) in [5.74, 6) is 0.619. The molecule has 0 bridgehead atoms. The Morgan fingerprint density at radius 3 is 2.50 bits per heavy atom. The Morgan fingerprint density at radius 1 is 1.28 bits per heavy atom. The van der Waals surface area contributed by atoms with Crippen LogP contribution in [0.1, 0.15) is 22.8 Å². The van der Waals surface area contributed by atoms with Gasteiger partial charge in [-0.05, 0) is 19.4 Å². The summed E-state index contributed by atoms with van der Waals surface area (Å²) in [5.41, 5.74) is 3.35. The smallest absolute Gasteiger partial charge is 0.167 e. The van der Waals surface area contributed by atoms with Crippen molar-refractivity contribution in [1.82, 2.24) is 9.55 Å². The standard InChI is InChI=1S/C14H18N2OS/c1-10-6-11(2)8-12(7-10)13(17)9-18-14-15-4-5-16(14)3/h4-8,13,17H,9H2,1-3H3. The van der Waals surface area contributed by atoms with Gasteiger partial charge in [0.25, 0.3) is 0 Å². The van der Waals surface area contributed by atoms with E-state index in [0.717, 1.165) is 10.7 Å². The summed E-state index contributed by atoms with van der Waals surface area (Å²) < 4.78 is 1.96. The van der Waals surface area contributed by atoms with Gasteiger partial charge in [-0.2, -0.15) is 0 Å². The molecule has 0 aliphatic heterocycles. The zero-order chi connectivity index (χ0) is 13.1. The fourth-order valence-electron chi connectivity index (χ4n) is 1.94. The van der Waals surface area contributed by atoms with Crippen molar-refractivity contribution in [1.29, 1.82) is 0 Å². The molecule has 1 N–H and O–H groups in total. The fraction of sp³-hybridized carbons (Fsp3) is 0.357. The first-order chi connectivity index (χ1) is 8.56. The van der Waals surface area contributed by atoms with E-state index in [2.05, 4.69) is 24.9 Å². The Kier molecular flexibility index (Phi) is 4.09. The first kappa shape index (κ1) is 13.2. The van der Waals surface area contributed by atoms with Crippen LogP contribution >= 0.6 is 11.8 Å². The molecule has 3 nitrogen and oxygen atoms in total. The van der Waals surface area contributed by atoms with Gasteiger partial charge in [0.2, 0.25) is 0 Å². The highest BCUT2D eigenvalue weighted by Crippen LogP contribution is 2.24. The summed E-state index contributed by atoms with van der Waals surface area (Å²) in [6.07, 6.45) is 3.22. The molecule has 96 valence electrons. The molecule has 2 aromatic rings. The van der Waals surface area contributed by atoms with Crippen LogP contribution in [-0.2, 0) is 7.05 Å². The number of aliphatic hydroxyl groups excluding tert-OH is 1. The molecule has 2 rings (SSSR count). The molecule has 0 radical (unpaired) electrons. The number of aryl methyl sites for hydroxylation is 3. The Labute approximate surface area is 112 Å². The number of aliphatic hydroxyl groups is 1. The van der Waals surface area contributed by atoms with Gasteiger partial charge in [-0.1, -0.05) is 41.1 Å². The van der Waals surface area contributed by atoms with Gasteiger partial charge >= 0.3 is 0 Å². The SMILES string of the molecule is Cc1cc(C)cc(C(O)CSc2nccn2C)c1. The second-order valence-corrected chi connectivity index (χ2v) is 5.56. The van der Waals surface area contributed by atoms with Gasteiger partial charge in [-0.25, -0.2) is 4.98 Å². The third kappa shape index (κ3) is 3.15. The van der Waals surface area contributed by atoms with E-state index in [1.165, 1.54) is 11.1 Å². The Bertz CT molecular complexity index is 516. The normalized spacial score (nSPS) is 12.7. The van der Waals surface area contributed by atoms with Crippen LogP contribution in [0.3, 0.4) is 0 Å². The largest absolute Gasteiger partial charge is 0.388 e. The van der Waals surface area contributed by atoms with Crippen molar-refractivity contribution < 1.29 is 5.11 Å². The maximum Gasteiger partial charge on any atom is 0.167 e. The molecule has 0 aliphatic carbocycles. The fourth-order valence-corrected chi connectivity index (χ4v) is 2.84. The number of hydrogen-bond donors (Lipinski definition) is 1. The van der Waals surface area contributed by atoms with Crippen LogP contribution in [0.25, 0.3) is 0 Å². The summed E-state index contributed by atoms with van der Waals surface area (Å²) in [4.78, 5) is 4.23. The summed E-state index contributed by atoms with van der Waals surface area (Å²) >= 11 is 1.57. The van der Waals surface area contributed by atoms with Crippen LogP contribution in [0.2, 0.25) is 0 Å². The zero-order valence-corrected chi connectivity index (χ0v) is 11.7. The summed E-state index contributed by atoms with van der Waals surface area (Å²) in [5, 5.41) is 11.1. The highest BCUT2D eigenvalue weighted by molar-refractivity contribution is 7.99. The van der Waals surface area contributed by atoms with E-state index in [1.54, 1.807) is 18.0 Å². The molecule has 1 unspecified atom stereocenters. The van der Waals surface area contributed by atoms with Crippen molar-refractivity contribution in [3.05, 3.63) is 47.3 Å². The molecule has 1 heterocycles. The number of imidazole rings is 1. The van der Waals surface area contributed by atoms with Gasteiger partial charge in [0, 0.05) is 25.2 Å². The average molecular weight is 262 g/mol. The second-order valence-electron chi connectivity index (χ2n) is 4.57. The van der Waals surface area contributed by atoms with Gasteiger partial charge < -0.3 is 9.67 Å². The first-order valence-electron chi connectivity index (χ1n) is 5.92. The van der Waals surface area contributed by atoms with Gasteiger partial charge in [0.1, 0.15) is 0 Å². The minimum absolute atomic E-state index is 0.453. The van der Waals surface area contributed by atoms with Crippen LogP contribution in [0.5, 0.6) is 0 Å². The molecular weight excluding hydrogens is 244 g/mol. The number of nitrogens with zero attached hydrogens (tertiary/aromatic N) is 2. The van der Waals surface area contributed by atoms with E-state index in [4.69, 9.17) is 0 Å². The lowest BCUT2D eigenvalue weighted by atomic mass is 10.0. The minimum Gasteiger partial charge on any atom is -0.388 e. The first-order valence-corrected chi connectivity index (χ1v) is 6.91. The highest BCUT2D eigenvalue weighted by atomic mass is 32.2. The van der Waals surface area contributed by atoms with E-state index in [-0.39, 0.29) is 0 Å². The third-order valence-electron chi connectivity index (χ3n) is 2.78. The average Bonchev–Trinajstić information content (AvgIpc) is 2.70. The minimum atomic E-state index is -0.453. The zero-order valence-electron chi connectivity index (χ0n) is 10.9. The van der Waals surface area contributed by atoms with Crippen molar-refractivity contribution in [2.24, 2.45) is 7.05 Å². The number of benzene rings is 1. The molecule has 0 aliphatic rings. The van der Waals surface area contributed by atoms with Gasteiger partial charge in [0.15, 0.2) is 5.16 Å². The maximum absolute atomic E-state index is 10.2. The van der Waals surface area contributed by atoms with Crippen LogP contribution < -0.4 is 0 Å². The molecule has 1 atom stereocenters. The van der Waals surface area contributed by atoms with Gasteiger partial charge in [-0.15, -0.1) is 0 Å². The van der Waals surface area contributed by atoms with E-state index in [9.17, 15) is 5.11 Å². The topological polar surface area (TPSA) is 38.1 Å². The Balaban J connectivity index is 2.03. The van der Waals surface area contributed by atoms with Crippen LogP contribution in [0.15, 0.2) is 35.7 Å². The Hall–Kier alpha value is -1.26. The highest BCUT2D eigenvalue weighted by Gasteiger charge is 2.10. The van der Waals surface area contributed by atoms with Gasteiger partial charge in [0.05, 0.1) is 6.10 Å². The van der Waals surface area contributed by atoms with Crippen molar-refractivity contribution in [2.75, 3.05) is 5.75 Å². The molecule has 0 spiro atoms. The monoisotopic (exact) mass is 262 g/mol. The van der Waals surface area contributed by atoms with E-state index < -0.39 is 6.10 Å². The lowest BCUT2D eigenvalue weighted by Gasteiger charge is -2.12. The predicted octanol–water partition coefficient (Wildman–Crippen LogP) is 2.86. The molecular formula is C14H18N2OS. The van der Waals surface area contributed by atoms with Crippen molar-refractivity contribution in [3.8, 4) is 0 Å². The number of hydrogen-bond acceptors (Lipinski definition) is 3. The van der Waals surface area contributed by atoms with Crippen LogP contribution in [0, 0.1) is 13.8 Å². The molecule has 0 amide bonds. The number of aromatic nitrogens is 2. The molecule has 0 saturated heterocycles. The summed E-state index contributed by atoms with van der Waals surface area (Å²) in [6.45, 7) is 4.10. The van der Waals surface area contributed by atoms with E-state index in [1.807, 2.05) is 29.9 Å². The quantitative estimate of drug-likeness (QED) is 0.861. The predicted molar refractivity (Wildman–Crippen MR) is 74.8 cm³/mol. The third-order valence-corrected chi connectivity index (χ3v) is 3.91. The molecule has 1 aromatic carbocycles. The molecule has 4 heteroatoms. The molecule has 1 aromatic heterocycles. The van der Waals surface area contributed by atoms with E-state index >= 15 is 0 Å². The number of thioether (sulfide) groups is 1. The second kappa shape index (κ2) is 5.59. The lowest BCUT2D eigenvalue weighted by Crippen LogP contribution is -2.02. The van der Waals surface area contributed by atoms with Gasteiger partial charge in [-0.3, -0.25) is 0 Å². The van der Waals surface area contributed by atoms with E-state index in [0.29, 0.717) is 5.75 Å². The van der Waals surface area contributed by atoms with Crippen molar-refractivity contribution in [2.45, 2.75) is 25.1 Å².